The molecular weight excluding hydrogens is 463 g/mol. The van der Waals surface area contributed by atoms with E-state index in [2.05, 4.69) is 11.3 Å². The van der Waals surface area contributed by atoms with Crippen LogP contribution in [-0.4, -0.2) is 35.7 Å². The van der Waals surface area contributed by atoms with Gasteiger partial charge in [-0.1, -0.05) is 49.9 Å². The van der Waals surface area contributed by atoms with E-state index < -0.39 is 0 Å². The van der Waals surface area contributed by atoms with Crippen molar-refractivity contribution in [3.8, 4) is 5.75 Å². The largest absolute Gasteiger partial charge is 0.512 e. The van der Waals surface area contributed by atoms with Crippen LogP contribution < -0.4 is 4.74 Å². The number of carbonyl (C=O) groups excluding carboxylic acids is 2. The molecule has 36 heavy (non-hydrogen) atoms. The lowest BCUT2D eigenvalue weighted by Crippen LogP contribution is -2.15. The number of hydrogen-bond donors (Lipinski definition) is 2. The maximum absolute atomic E-state index is 14.3. The summed E-state index contributed by atoms with van der Waals surface area (Å²) in [5.41, 5.74) is 2.39. The third kappa shape index (κ3) is 11.8. The van der Waals surface area contributed by atoms with Crippen LogP contribution in [0.2, 0.25) is 0 Å². The van der Waals surface area contributed by atoms with Crippen molar-refractivity contribution >= 4 is 12.3 Å². The van der Waals surface area contributed by atoms with Crippen molar-refractivity contribution in [3.63, 3.8) is 0 Å². The van der Waals surface area contributed by atoms with E-state index in [1.807, 2.05) is 44.2 Å². The topological polar surface area (TPSA) is 93.1 Å². The summed E-state index contributed by atoms with van der Waals surface area (Å²) in [6.07, 6.45) is 5.84. The highest BCUT2D eigenvalue weighted by molar-refractivity contribution is 5.90. The Morgan fingerprint density at radius 3 is 2.47 bits per heavy atom. The van der Waals surface area contributed by atoms with Crippen molar-refractivity contribution in [2.24, 2.45) is 5.92 Å². The molecule has 0 saturated carbocycles. The number of rotatable bonds is 10. The van der Waals surface area contributed by atoms with Crippen molar-refractivity contribution in [3.05, 3.63) is 89.5 Å². The van der Waals surface area contributed by atoms with Gasteiger partial charge in [-0.25, -0.2) is 4.39 Å². The lowest BCUT2D eigenvalue weighted by Gasteiger charge is -2.20. The SMILES string of the molecule is C=CCOC=O.CCCO.Cc1cc(F)c(CCC2CCC(=O)C=C2O)cc1OCc1ccccc1. The van der Waals surface area contributed by atoms with Gasteiger partial charge in [0.1, 0.15) is 24.8 Å². The molecule has 1 aliphatic rings. The van der Waals surface area contributed by atoms with E-state index in [0.717, 1.165) is 17.5 Å². The molecule has 0 spiro atoms. The van der Waals surface area contributed by atoms with Crippen LogP contribution >= 0.6 is 0 Å². The summed E-state index contributed by atoms with van der Waals surface area (Å²) in [5.74, 6) is 0.405. The molecule has 0 saturated heterocycles. The number of carbonyl (C=O) groups is 2. The summed E-state index contributed by atoms with van der Waals surface area (Å²) in [5, 5.41) is 17.8. The molecule has 0 heterocycles. The van der Waals surface area contributed by atoms with E-state index in [1.165, 1.54) is 18.2 Å². The average molecular weight is 501 g/mol. The Kier molecular flexibility index (Phi) is 15.2. The molecule has 1 aliphatic carbocycles. The van der Waals surface area contributed by atoms with Crippen LogP contribution in [-0.2, 0) is 27.4 Å². The fraction of sp³-hybridized carbons (Fsp3) is 0.379. The van der Waals surface area contributed by atoms with Crippen LogP contribution in [0, 0.1) is 18.7 Å². The summed E-state index contributed by atoms with van der Waals surface area (Å²) in [6, 6.07) is 13.1. The quantitative estimate of drug-likeness (QED) is 0.243. The van der Waals surface area contributed by atoms with Crippen molar-refractivity contribution in [1.82, 2.24) is 0 Å². The lowest BCUT2D eigenvalue weighted by molar-refractivity contribution is -0.127. The minimum atomic E-state index is -0.259. The van der Waals surface area contributed by atoms with E-state index in [0.29, 0.717) is 63.3 Å². The summed E-state index contributed by atoms with van der Waals surface area (Å²) in [7, 11) is 0. The summed E-state index contributed by atoms with van der Waals surface area (Å²) < 4.78 is 24.4. The third-order valence-corrected chi connectivity index (χ3v) is 5.32. The molecule has 196 valence electrons. The van der Waals surface area contributed by atoms with E-state index in [-0.39, 0.29) is 23.3 Å². The molecule has 2 aromatic rings. The minimum absolute atomic E-state index is 0.0446. The van der Waals surface area contributed by atoms with Gasteiger partial charge in [-0.15, -0.1) is 0 Å². The maximum Gasteiger partial charge on any atom is 0.293 e. The molecule has 0 aromatic heterocycles. The van der Waals surface area contributed by atoms with Crippen LogP contribution in [0.5, 0.6) is 5.75 Å². The van der Waals surface area contributed by atoms with Crippen molar-refractivity contribution in [2.75, 3.05) is 13.2 Å². The van der Waals surface area contributed by atoms with E-state index in [9.17, 15) is 19.1 Å². The number of benzene rings is 2. The van der Waals surface area contributed by atoms with Crippen LogP contribution in [0.3, 0.4) is 0 Å². The molecule has 2 N–H and O–H groups in total. The molecule has 3 rings (SSSR count). The van der Waals surface area contributed by atoms with Gasteiger partial charge >= 0.3 is 0 Å². The van der Waals surface area contributed by atoms with Gasteiger partial charge in [0.15, 0.2) is 5.78 Å². The minimum Gasteiger partial charge on any atom is -0.512 e. The zero-order valence-corrected chi connectivity index (χ0v) is 21.1. The first-order valence-electron chi connectivity index (χ1n) is 12.0. The molecule has 0 amide bonds. The fourth-order valence-electron chi connectivity index (χ4n) is 3.33. The van der Waals surface area contributed by atoms with Gasteiger partial charge in [-0.05, 0) is 61.4 Å². The summed E-state index contributed by atoms with van der Waals surface area (Å²) in [6.45, 7) is 8.52. The third-order valence-electron chi connectivity index (χ3n) is 5.32. The lowest BCUT2D eigenvalue weighted by atomic mass is 9.88. The van der Waals surface area contributed by atoms with Gasteiger partial charge < -0.3 is 19.7 Å². The predicted octanol–water partition coefficient (Wildman–Crippen LogP) is 5.80. The number of ether oxygens (including phenoxy) is 2. The van der Waals surface area contributed by atoms with Gasteiger partial charge in [-0.2, -0.15) is 0 Å². The van der Waals surface area contributed by atoms with Gasteiger partial charge in [0, 0.05) is 25.0 Å². The Balaban J connectivity index is 0.000000551. The Bertz CT molecular complexity index is 961. The van der Waals surface area contributed by atoms with Crippen LogP contribution in [0.15, 0.2) is 67.0 Å². The standard InChI is InChI=1S/C22H23FO3.C4H6O2.C3H8O/c1-15-11-20(23)18(8-7-17-9-10-19(24)13-21(17)25)12-22(15)26-14-16-5-3-2-4-6-16;1-2-3-6-4-5;1-2-3-4/h2-6,11-13,17,25H,7-10,14H2,1H3;2,4H,1,3H2;4H,2-3H2,1H3. The molecule has 7 heteroatoms. The highest BCUT2D eigenvalue weighted by atomic mass is 19.1. The zero-order chi connectivity index (χ0) is 26.8. The molecule has 6 nitrogen and oxygen atoms in total. The number of halogens is 1. The fourth-order valence-corrected chi connectivity index (χ4v) is 3.33. The number of hydrogen-bond acceptors (Lipinski definition) is 6. The molecule has 0 aliphatic heterocycles. The second-order valence-corrected chi connectivity index (χ2v) is 8.24. The normalized spacial score (nSPS) is 14.3. The van der Waals surface area contributed by atoms with Gasteiger partial charge in [0.05, 0.1) is 5.76 Å². The Morgan fingerprint density at radius 2 is 1.92 bits per heavy atom. The van der Waals surface area contributed by atoms with Crippen molar-refractivity contribution in [1.29, 1.82) is 0 Å². The molecule has 0 fully saturated rings. The zero-order valence-electron chi connectivity index (χ0n) is 21.1. The first-order valence-corrected chi connectivity index (χ1v) is 12.0. The van der Waals surface area contributed by atoms with E-state index in [4.69, 9.17) is 9.84 Å². The van der Waals surface area contributed by atoms with Gasteiger partial charge in [-0.3, -0.25) is 9.59 Å². The molecule has 1 unspecified atom stereocenters. The van der Waals surface area contributed by atoms with Gasteiger partial charge in [0.2, 0.25) is 0 Å². The molecule has 1 atom stereocenters. The van der Waals surface area contributed by atoms with Crippen molar-refractivity contribution < 1.29 is 33.7 Å². The first kappa shape index (κ1) is 30.6. The highest BCUT2D eigenvalue weighted by Gasteiger charge is 2.21. The van der Waals surface area contributed by atoms with E-state index >= 15 is 0 Å². The number of aliphatic hydroxyl groups is 2. The number of allylic oxidation sites excluding steroid dienone is 2. The highest BCUT2D eigenvalue weighted by Crippen LogP contribution is 2.29. The number of ketones is 1. The molecule has 0 bridgehead atoms. The molecule has 2 aromatic carbocycles. The van der Waals surface area contributed by atoms with Crippen LogP contribution in [0.1, 0.15) is 49.3 Å². The first-order chi connectivity index (χ1) is 17.4. The summed E-state index contributed by atoms with van der Waals surface area (Å²) >= 11 is 0. The Labute approximate surface area is 213 Å². The average Bonchev–Trinajstić information content (AvgIpc) is 2.88. The second kappa shape index (κ2) is 17.9. The maximum atomic E-state index is 14.3. The summed E-state index contributed by atoms with van der Waals surface area (Å²) in [4.78, 5) is 20.6. The Hall–Kier alpha value is -3.45. The van der Waals surface area contributed by atoms with Crippen LogP contribution in [0.4, 0.5) is 4.39 Å². The molecule has 0 radical (unpaired) electrons. The molecular formula is C29H37FO6. The second-order valence-electron chi connectivity index (χ2n) is 8.24. The Morgan fingerprint density at radius 1 is 1.22 bits per heavy atom. The predicted molar refractivity (Wildman–Crippen MR) is 138 cm³/mol. The van der Waals surface area contributed by atoms with Crippen LogP contribution in [0.25, 0.3) is 0 Å². The monoisotopic (exact) mass is 500 g/mol. The van der Waals surface area contributed by atoms with Gasteiger partial charge in [0.25, 0.3) is 6.47 Å². The van der Waals surface area contributed by atoms with Crippen molar-refractivity contribution in [2.45, 2.75) is 52.6 Å². The smallest absolute Gasteiger partial charge is 0.293 e. The van der Waals surface area contributed by atoms with E-state index in [1.54, 1.807) is 6.07 Å². The number of aryl methyl sites for hydroxylation is 2. The number of aliphatic hydroxyl groups excluding tert-OH is 2.